The Labute approximate surface area is 213 Å². The van der Waals surface area contributed by atoms with E-state index >= 15 is 0 Å². The fourth-order valence-electron chi connectivity index (χ4n) is 3.11. The number of sulfonamides is 1. The Morgan fingerprint density at radius 3 is 2.50 bits per heavy atom. The van der Waals surface area contributed by atoms with Crippen molar-refractivity contribution in [3.8, 4) is 23.1 Å². The van der Waals surface area contributed by atoms with Gasteiger partial charge in [0.2, 0.25) is 15.9 Å². The molecule has 0 atom stereocenters. The molecule has 0 aliphatic heterocycles. The van der Waals surface area contributed by atoms with Crippen LogP contribution in [0.5, 0.6) is 17.4 Å². The van der Waals surface area contributed by atoms with E-state index in [-0.39, 0.29) is 17.5 Å². The summed E-state index contributed by atoms with van der Waals surface area (Å²) >= 11 is 12.3. The van der Waals surface area contributed by atoms with Crippen LogP contribution < -0.4 is 20.7 Å². The van der Waals surface area contributed by atoms with E-state index in [0.29, 0.717) is 0 Å². The van der Waals surface area contributed by atoms with Crippen LogP contribution in [0.2, 0.25) is 10.0 Å². The Balaban J connectivity index is 1.75. The lowest BCUT2D eigenvalue weighted by Gasteiger charge is -2.31. The predicted octanol–water partition coefficient (Wildman–Crippen LogP) is 1.86. The van der Waals surface area contributed by atoms with Gasteiger partial charge in [-0.2, -0.15) is 9.78 Å². The van der Waals surface area contributed by atoms with E-state index in [1.54, 1.807) is 4.98 Å². The molecule has 1 aliphatic carbocycles. The van der Waals surface area contributed by atoms with Crippen LogP contribution in [0.15, 0.2) is 38.8 Å². The number of benzene rings is 1. The molecule has 192 valence electrons. The number of aliphatic hydroxyl groups excluding tert-OH is 1. The first-order valence-electron chi connectivity index (χ1n) is 10.8. The Morgan fingerprint density at radius 2 is 1.92 bits per heavy atom. The number of aliphatic hydroxyl groups is 1. The number of hydrogen-bond acceptors (Lipinski definition) is 9. The molecule has 0 spiro atoms. The first-order valence-corrected chi connectivity index (χ1v) is 12.0. The van der Waals surface area contributed by atoms with Crippen molar-refractivity contribution >= 4 is 33.2 Å². The number of nitrogens with zero attached hydrogens (tertiary/aromatic N) is 3. The monoisotopic (exact) mass is 567 g/mol. The minimum absolute atomic E-state index is 0.154. The molecule has 1 saturated carbocycles. The molecule has 1 aromatic carbocycles. The number of halogens is 4. The van der Waals surface area contributed by atoms with E-state index < -0.39 is 95.6 Å². The third-order valence-corrected chi connectivity index (χ3v) is 6.96. The number of aromatic hydroxyl groups is 1. The Morgan fingerprint density at radius 1 is 1.28 bits per heavy atom. The summed E-state index contributed by atoms with van der Waals surface area (Å²) in [4.78, 5) is 28.5. The van der Waals surface area contributed by atoms with Crippen LogP contribution >= 0.6 is 23.2 Å². The van der Waals surface area contributed by atoms with Gasteiger partial charge in [0.25, 0.3) is 12.0 Å². The Hall–Kier alpha value is -3.11. The maximum absolute atomic E-state index is 13.1. The Kier molecular flexibility index (Phi) is 6.30. The van der Waals surface area contributed by atoms with Gasteiger partial charge in [0.15, 0.2) is 17.2 Å². The number of rotatable bonds is 7. The third kappa shape index (κ3) is 5.19. The minimum Gasteiger partial charge on any atom is -0.505 e. The van der Waals surface area contributed by atoms with Gasteiger partial charge in [-0.25, -0.2) is 31.7 Å². The second kappa shape index (κ2) is 9.74. The highest BCUT2D eigenvalue weighted by molar-refractivity contribution is 7.89. The maximum Gasteiger partial charge on any atom is 0.349 e. The van der Waals surface area contributed by atoms with E-state index in [4.69, 9.17) is 30.7 Å². The molecule has 2 aromatic heterocycles. The fraction of sp³-hybridized carbons (Fsp3) is 0.263. The van der Waals surface area contributed by atoms with Crippen LogP contribution in [0.1, 0.15) is 27.7 Å². The van der Waals surface area contributed by atoms with Crippen molar-refractivity contribution in [2.45, 2.75) is 36.3 Å². The molecule has 4 N–H and O–H groups in total. The average Bonchev–Trinajstić information content (AvgIpc) is 2.81. The smallest absolute Gasteiger partial charge is 0.349 e. The highest BCUT2D eigenvalue weighted by Gasteiger charge is 2.32. The molecule has 1 fully saturated rings. The summed E-state index contributed by atoms with van der Waals surface area (Å²) in [5.74, 6) is -1.82. The minimum atomic E-state index is -4.30. The van der Waals surface area contributed by atoms with Crippen molar-refractivity contribution in [1.29, 1.82) is 0 Å². The summed E-state index contributed by atoms with van der Waals surface area (Å²) in [6.45, 7) is 0. The van der Waals surface area contributed by atoms with Gasteiger partial charge in [-0.3, -0.25) is 9.78 Å². The summed E-state index contributed by atoms with van der Waals surface area (Å²) in [5, 5.41) is 21.3. The second-order valence-electron chi connectivity index (χ2n) is 7.45. The van der Waals surface area contributed by atoms with E-state index in [2.05, 4.69) is 14.8 Å². The molecular weight excluding hydrogens is 551 g/mol. The summed E-state index contributed by atoms with van der Waals surface area (Å²) in [6, 6.07) is -1.43. The van der Waals surface area contributed by atoms with Gasteiger partial charge in [-0.05, 0) is 24.9 Å². The van der Waals surface area contributed by atoms with E-state index in [1.807, 2.05) is 0 Å². The van der Waals surface area contributed by atoms with Gasteiger partial charge in [-0.15, -0.1) is 0 Å². The molecule has 0 amide bonds. The largest absolute Gasteiger partial charge is 0.505 e. The second-order valence-corrected chi connectivity index (χ2v) is 9.89. The number of H-pyrrole nitrogens is 1. The van der Waals surface area contributed by atoms with Gasteiger partial charge in [0, 0.05) is 12.1 Å². The van der Waals surface area contributed by atoms with Crippen molar-refractivity contribution in [3.05, 3.63) is 60.9 Å². The molecule has 0 saturated heterocycles. The SMILES string of the molecule is [2H]c1c(Cl)c(Oc2cc(S(=O)(=O)NC3CC(O)C3)c(O)cn2)c(Cl)c([2H])c1-n1nc(C(F)F)c(=O)[nH]c1=O. The number of nitrogens with one attached hydrogen (secondary N) is 2. The molecule has 1 aliphatic rings. The van der Waals surface area contributed by atoms with Gasteiger partial charge in [0.05, 0.1) is 30.8 Å². The van der Waals surface area contributed by atoms with Crippen LogP contribution in [0.4, 0.5) is 8.78 Å². The number of ether oxygens (including phenoxy) is 1. The summed E-state index contributed by atoms with van der Waals surface area (Å²) in [5.41, 5.74) is -4.94. The zero-order valence-electron chi connectivity index (χ0n) is 19.5. The van der Waals surface area contributed by atoms with E-state index in [9.17, 15) is 37.0 Å². The van der Waals surface area contributed by atoms with Crippen LogP contribution in [0.25, 0.3) is 5.69 Å². The first kappa shape index (κ1) is 23.3. The molecule has 36 heavy (non-hydrogen) atoms. The molecular formula is C19H15Cl2F2N5O7S. The normalized spacial score (nSPS) is 18.5. The number of aromatic nitrogens is 4. The van der Waals surface area contributed by atoms with Crippen molar-refractivity contribution in [2.75, 3.05) is 0 Å². The van der Waals surface area contributed by atoms with Crippen LogP contribution in [0, 0.1) is 0 Å². The zero-order valence-corrected chi connectivity index (χ0v) is 19.8. The van der Waals surface area contributed by atoms with Gasteiger partial charge in [0.1, 0.15) is 4.90 Å². The third-order valence-electron chi connectivity index (χ3n) is 4.88. The highest BCUT2D eigenvalue weighted by Crippen LogP contribution is 2.38. The lowest BCUT2D eigenvalue weighted by molar-refractivity contribution is 0.0712. The van der Waals surface area contributed by atoms with Crippen molar-refractivity contribution in [1.82, 2.24) is 24.5 Å². The molecule has 12 nitrogen and oxygen atoms in total. The number of pyridine rings is 1. The van der Waals surface area contributed by atoms with Crippen LogP contribution in [-0.4, -0.2) is 50.5 Å². The molecule has 17 heteroatoms. The number of hydrogen-bond donors (Lipinski definition) is 4. The fourth-order valence-corrected chi connectivity index (χ4v) is 4.94. The predicted molar refractivity (Wildman–Crippen MR) is 121 cm³/mol. The van der Waals surface area contributed by atoms with Gasteiger partial charge < -0.3 is 14.9 Å². The van der Waals surface area contributed by atoms with E-state index in [0.717, 1.165) is 12.3 Å². The van der Waals surface area contributed by atoms with Gasteiger partial charge in [-0.1, -0.05) is 23.2 Å². The van der Waals surface area contributed by atoms with Crippen LogP contribution in [0.3, 0.4) is 0 Å². The first-order chi connectivity index (χ1) is 17.7. The molecule has 0 bridgehead atoms. The number of aromatic amines is 1. The number of alkyl halides is 2. The topological polar surface area (TPSA) is 176 Å². The van der Waals surface area contributed by atoms with Crippen LogP contribution in [-0.2, 0) is 10.0 Å². The molecule has 0 unspecified atom stereocenters. The lowest BCUT2D eigenvalue weighted by Crippen LogP contribution is -2.46. The average molecular weight is 568 g/mol. The van der Waals surface area contributed by atoms with Crippen molar-refractivity contribution < 1.29 is 34.9 Å². The molecule has 0 radical (unpaired) electrons. The molecule has 3 aromatic rings. The Bertz CT molecular complexity index is 1640. The molecule has 4 rings (SSSR count). The quantitative estimate of drug-likeness (QED) is 0.331. The van der Waals surface area contributed by atoms with Crippen molar-refractivity contribution in [2.24, 2.45) is 0 Å². The molecule has 2 heterocycles. The van der Waals surface area contributed by atoms with E-state index in [1.165, 1.54) is 0 Å². The standard InChI is InChI=1S/C19H15Cl2F2N5O7S/c20-10-3-8(28-19(32)25-18(31)15(26-28)17(22)23)4-11(21)16(10)35-14-5-13(12(30)6-24-14)36(33,34)27-7-1-9(29)2-7/h3-7,9,17,27,29-30H,1-2H2,(H,25,31,32)/i3D,4D. The summed E-state index contributed by atoms with van der Waals surface area (Å²) in [7, 11) is -4.30. The van der Waals surface area contributed by atoms with Crippen molar-refractivity contribution in [3.63, 3.8) is 0 Å². The lowest BCUT2D eigenvalue weighted by atomic mass is 9.91. The highest BCUT2D eigenvalue weighted by atomic mass is 35.5. The summed E-state index contributed by atoms with van der Waals surface area (Å²) < 4.78 is 76.0. The maximum atomic E-state index is 13.1. The van der Waals surface area contributed by atoms with Gasteiger partial charge >= 0.3 is 5.69 Å². The zero-order chi connectivity index (χ0) is 28.1. The summed E-state index contributed by atoms with van der Waals surface area (Å²) in [6.07, 6.45) is -2.94.